The predicted molar refractivity (Wildman–Crippen MR) is 110 cm³/mol. The van der Waals surface area contributed by atoms with Gasteiger partial charge in [-0.3, -0.25) is 4.79 Å². The van der Waals surface area contributed by atoms with Crippen LogP contribution in [0.1, 0.15) is 11.1 Å². The Balaban J connectivity index is 1.89. The molecule has 9 heteroatoms. The number of hydrogen-bond acceptors (Lipinski definition) is 3. The molecule has 0 aliphatic rings. The highest BCUT2D eigenvalue weighted by Gasteiger charge is 2.28. The van der Waals surface area contributed by atoms with Gasteiger partial charge in [-0.25, -0.2) is 21.6 Å². The van der Waals surface area contributed by atoms with Crippen LogP contribution in [0.2, 0.25) is 0 Å². The van der Waals surface area contributed by atoms with Crippen LogP contribution in [0.4, 0.5) is 18.9 Å². The number of hydrogen-bond donors (Lipinski definition) is 1. The molecule has 1 N–H and O–H groups in total. The number of nitrogens with zero attached hydrogens (tertiary/aromatic N) is 1. The zero-order valence-electron chi connectivity index (χ0n) is 16.5. The number of amides is 1. The number of aryl methyl sites for hydroxylation is 1. The summed E-state index contributed by atoms with van der Waals surface area (Å²) >= 11 is 0. The minimum absolute atomic E-state index is 0.0394. The van der Waals surface area contributed by atoms with E-state index in [-0.39, 0.29) is 16.1 Å². The molecule has 0 bridgehead atoms. The number of benzene rings is 3. The largest absolute Gasteiger partial charge is 0.325 e. The summed E-state index contributed by atoms with van der Waals surface area (Å²) in [4.78, 5) is 12.4. The van der Waals surface area contributed by atoms with Crippen molar-refractivity contribution in [3.8, 4) is 0 Å². The van der Waals surface area contributed by atoms with Gasteiger partial charge in [0.1, 0.15) is 5.82 Å². The van der Waals surface area contributed by atoms with Gasteiger partial charge in [-0.1, -0.05) is 35.9 Å². The Bertz CT molecular complexity index is 1200. The Hall–Kier alpha value is -3.17. The van der Waals surface area contributed by atoms with E-state index in [0.29, 0.717) is 0 Å². The van der Waals surface area contributed by atoms with E-state index in [1.165, 1.54) is 30.3 Å². The summed E-state index contributed by atoms with van der Waals surface area (Å²) in [5.41, 5.74) is 0.886. The average molecular weight is 448 g/mol. The first kappa shape index (κ1) is 22.5. The number of carbonyl (C=O) groups excluding carboxylic acids is 1. The SMILES string of the molecule is Cc1ccc(S(=O)(=O)N(CC(=O)Nc2ccc(F)c(F)c2)Cc2ccccc2F)cc1. The molecule has 0 saturated heterocycles. The lowest BCUT2D eigenvalue weighted by molar-refractivity contribution is -0.116. The fraction of sp³-hybridized carbons (Fsp3) is 0.136. The van der Waals surface area contributed by atoms with Crippen molar-refractivity contribution < 1.29 is 26.4 Å². The molecule has 0 heterocycles. The van der Waals surface area contributed by atoms with Crippen molar-refractivity contribution in [1.29, 1.82) is 0 Å². The molecular formula is C22H19F3N2O3S. The number of sulfonamides is 1. The summed E-state index contributed by atoms with van der Waals surface area (Å²) < 4.78 is 67.8. The number of rotatable bonds is 7. The molecular weight excluding hydrogens is 429 g/mol. The van der Waals surface area contributed by atoms with E-state index < -0.39 is 46.5 Å². The fourth-order valence-corrected chi connectivity index (χ4v) is 4.21. The summed E-state index contributed by atoms with van der Waals surface area (Å²) in [6.45, 7) is 0.737. The van der Waals surface area contributed by atoms with Crippen molar-refractivity contribution >= 4 is 21.6 Å². The lowest BCUT2D eigenvalue weighted by Gasteiger charge is -2.22. The van der Waals surface area contributed by atoms with E-state index in [9.17, 15) is 26.4 Å². The van der Waals surface area contributed by atoms with Gasteiger partial charge in [-0.05, 0) is 37.3 Å². The Morgan fingerprint density at radius 3 is 2.23 bits per heavy atom. The fourth-order valence-electron chi connectivity index (χ4n) is 2.84. The maximum atomic E-state index is 14.2. The highest BCUT2D eigenvalue weighted by molar-refractivity contribution is 7.89. The first-order valence-electron chi connectivity index (χ1n) is 9.22. The Morgan fingerprint density at radius 2 is 1.58 bits per heavy atom. The normalized spacial score (nSPS) is 11.5. The predicted octanol–water partition coefficient (Wildman–Crippen LogP) is 4.24. The topological polar surface area (TPSA) is 66.5 Å². The molecule has 0 radical (unpaired) electrons. The molecule has 0 saturated carbocycles. The molecule has 1 amide bonds. The van der Waals surface area contributed by atoms with Gasteiger partial charge in [0.2, 0.25) is 15.9 Å². The van der Waals surface area contributed by atoms with Gasteiger partial charge in [0.25, 0.3) is 0 Å². The van der Waals surface area contributed by atoms with E-state index in [0.717, 1.165) is 28.1 Å². The van der Waals surface area contributed by atoms with Crippen LogP contribution in [0.15, 0.2) is 71.6 Å². The second kappa shape index (κ2) is 9.32. The number of halogens is 3. The lowest BCUT2D eigenvalue weighted by atomic mass is 10.2. The van der Waals surface area contributed by atoms with E-state index in [1.807, 2.05) is 0 Å². The first-order chi connectivity index (χ1) is 14.7. The summed E-state index contributed by atoms with van der Waals surface area (Å²) in [6, 6.07) is 14.4. The van der Waals surface area contributed by atoms with E-state index in [1.54, 1.807) is 25.1 Å². The highest BCUT2D eigenvalue weighted by Crippen LogP contribution is 2.21. The van der Waals surface area contributed by atoms with Crippen LogP contribution in [-0.4, -0.2) is 25.2 Å². The van der Waals surface area contributed by atoms with Gasteiger partial charge in [0, 0.05) is 23.9 Å². The maximum Gasteiger partial charge on any atom is 0.243 e. The number of anilines is 1. The van der Waals surface area contributed by atoms with Crippen molar-refractivity contribution in [1.82, 2.24) is 4.31 Å². The van der Waals surface area contributed by atoms with Crippen LogP contribution in [0.25, 0.3) is 0 Å². The van der Waals surface area contributed by atoms with Crippen molar-refractivity contribution in [2.45, 2.75) is 18.4 Å². The third-order valence-electron chi connectivity index (χ3n) is 4.49. The molecule has 5 nitrogen and oxygen atoms in total. The van der Waals surface area contributed by atoms with E-state index in [2.05, 4.69) is 5.32 Å². The van der Waals surface area contributed by atoms with Crippen LogP contribution in [0, 0.1) is 24.4 Å². The second-order valence-electron chi connectivity index (χ2n) is 6.85. The molecule has 0 aliphatic heterocycles. The zero-order chi connectivity index (χ0) is 22.6. The van der Waals surface area contributed by atoms with Crippen LogP contribution in [0.3, 0.4) is 0 Å². The lowest BCUT2D eigenvalue weighted by Crippen LogP contribution is -2.37. The van der Waals surface area contributed by atoms with Crippen molar-refractivity contribution in [3.05, 3.63) is 95.3 Å². The van der Waals surface area contributed by atoms with Gasteiger partial charge in [-0.15, -0.1) is 0 Å². The Kier molecular flexibility index (Phi) is 6.77. The van der Waals surface area contributed by atoms with Gasteiger partial charge in [0.15, 0.2) is 11.6 Å². The molecule has 162 valence electrons. The molecule has 3 aromatic rings. The smallest absolute Gasteiger partial charge is 0.243 e. The van der Waals surface area contributed by atoms with E-state index in [4.69, 9.17) is 0 Å². The van der Waals surface area contributed by atoms with Crippen LogP contribution in [0.5, 0.6) is 0 Å². The van der Waals surface area contributed by atoms with Crippen molar-refractivity contribution in [3.63, 3.8) is 0 Å². The summed E-state index contributed by atoms with van der Waals surface area (Å²) in [6.07, 6.45) is 0. The first-order valence-corrected chi connectivity index (χ1v) is 10.7. The summed E-state index contributed by atoms with van der Waals surface area (Å²) in [5, 5.41) is 2.33. The average Bonchev–Trinajstić information content (AvgIpc) is 2.72. The molecule has 0 spiro atoms. The summed E-state index contributed by atoms with van der Waals surface area (Å²) in [7, 11) is -4.16. The van der Waals surface area contributed by atoms with Crippen molar-refractivity contribution in [2.24, 2.45) is 0 Å². The van der Waals surface area contributed by atoms with Crippen LogP contribution < -0.4 is 5.32 Å². The minimum atomic E-state index is -4.16. The maximum absolute atomic E-state index is 14.2. The molecule has 0 fully saturated rings. The third-order valence-corrected chi connectivity index (χ3v) is 6.29. The monoisotopic (exact) mass is 448 g/mol. The van der Waals surface area contributed by atoms with E-state index >= 15 is 0 Å². The number of nitrogens with one attached hydrogen (secondary N) is 1. The van der Waals surface area contributed by atoms with Crippen molar-refractivity contribution in [2.75, 3.05) is 11.9 Å². The van der Waals surface area contributed by atoms with Gasteiger partial charge < -0.3 is 5.32 Å². The molecule has 0 atom stereocenters. The standard InChI is InChI=1S/C22H19F3N2O3S/c1-15-6-9-18(10-7-15)31(29,30)27(13-16-4-2-3-5-19(16)23)14-22(28)26-17-8-11-20(24)21(25)12-17/h2-12H,13-14H2,1H3,(H,26,28). The second-order valence-corrected chi connectivity index (χ2v) is 8.79. The van der Waals surface area contributed by atoms with Crippen LogP contribution in [-0.2, 0) is 21.4 Å². The quantitative estimate of drug-likeness (QED) is 0.588. The summed E-state index contributed by atoms with van der Waals surface area (Å²) in [5.74, 6) is -3.65. The van der Waals surface area contributed by atoms with Crippen LogP contribution >= 0.6 is 0 Å². The zero-order valence-corrected chi connectivity index (χ0v) is 17.3. The third kappa shape index (κ3) is 5.50. The molecule has 0 aromatic heterocycles. The van der Waals surface area contributed by atoms with Gasteiger partial charge in [-0.2, -0.15) is 4.31 Å². The molecule has 3 rings (SSSR count). The molecule has 0 unspecified atom stereocenters. The molecule has 0 aliphatic carbocycles. The highest BCUT2D eigenvalue weighted by atomic mass is 32.2. The Morgan fingerprint density at radius 1 is 0.903 bits per heavy atom. The minimum Gasteiger partial charge on any atom is -0.325 e. The van der Waals surface area contributed by atoms with Gasteiger partial charge in [0.05, 0.1) is 11.4 Å². The Labute approximate surface area is 178 Å². The molecule has 3 aromatic carbocycles. The van der Waals surface area contributed by atoms with Gasteiger partial charge >= 0.3 is 0 Å². The number of carbonyl (C=O) groups is 1. The molecule has 31 heavy (non-hydrogen) atoms.